The summed E-state index contributed by atoms with van der Waals surface area (Å²) in [5, 5.41) is 14.2. The number of aromatic carboxylic acids is 1. The summed E-state index contributed by atoms with van der Waals surface area (Å²) in [6.45, 7) is 0.496. The Morgan fingerprint density at radius 1 is 0.891 bits per heavy atom. The van der Waals surface area contributed by atoms with Crippen molar-refractivity contribution in [2.45, 2.75) is 23.8 Å². The number of benzene rings is 4. The van der Waals surface area contributed by atoms with Gasteiger partial charge in [0.05, 0.1) is 23.1 Å². The molecule has 0 fully saturated rings. The van der Waals surface area contributed by atoms with Crippen LogP contribution in [0, 0.1) is 0 Å². The Hall–Kier alpha value is -4.41. The largest absolute Gasteiger partial charge is 0.493 e. The number of aromatic nitrogens is 1. The highest BCUT2D eigenvalue weighted by atomic mass is 35.5. The van der Waals surface area contributed by atoms with Crippen molar-refractivity contribution >= 4 is 49.8 Å². The Kier molecular flexibility index (Phi) is 9.56. The number of nitrogens with one attached hydrogen (secondary N) is 1. The fraction of sp³-hybridized carbons (Fsp3) is 0.139. The molecule has 2 N–H and O–H groups in total. The molecule has 0 radical (unpaired) electrons. The number of ether oxygens (including phenoxy) is 1. The minimum absolute atomic E-state index is 0.184. The minimum Gasteiger partial charge on any atom is -0.493 e. The van der Waals surface area contributed by atoms with Crippen LogP contribution in [0.1, 0.15) is 38.8 Å². The van der Waals surface area contributed by atoms with Gasteiger partial charge in [-0.05, 0) is 70.6 Å². The van der Waals surface area contributed by atoms with Crippen LogP contribution in [0.3, 0.4) is 0 Å². The van der Waals surface area contributed by atoms with Crippen molar-refractivity contribution in [3.63, 3.8) is 0 Å². The van der Waals surface area contributed by atoms with Crippen LogP contribution in [0.5, 0.6) is 5.75 Å². The van der Waals surface area contributed by atoms with E-state index in [4.69, 9.17) is 16.3 Å². The van der Waals surface area contributed by atoms with Crippen molar-refractivity contribution in [2.75, 3.05) is 13.2 Å². The number of fused-ring (bicyclic) bond motifs is 1. The predicted octanol–water partition coefficient (Wildman–Crippen LogP) is 7.83. The molecule has 0 aliphatic carbocycles. The van der Waals surface area contributed by atoms with E-state index in [1.807, 2.05) is 54.6 Å². The molecular weight excluding hydrogens is 640 g/mol. The third kappa shape index (κ3) is 6.88. The number of thiophene rings is 1. The summed E-state index contributed by atoms with van der Waals surface area (Å²) in [6.07, 6.45) is 0.919. The molecule has 6 rings (SSSR count). The zero-order valence-corrected chi connectivity index (χ0v) is 27.1. The van der Waals surface area contributed by atoms with Crippen LogP contribution in [0.15, 0.2) is 125 Å². The van der Waals surface area contributed by atoms with Gasteiger partial charge in [0.15, 0.2) is 0 Å². The summed E-state index contributed by atoms with van der Waals surface area (Å²) < 4.78 is 37.3. The lowest BCUT2D eigenvalue weighted by molar-refractivity contribution is 0.0697. The molecule has 7 nitrogen and oxygen atoms in total. The topological polar surface area (TPSA) is 97.6 Å². The fourth-order valence-electron chi connectivity index (χ4n) is 5.77. The molecule has 0 bridgehead atoms. The molecule has 0 aliphatic heterocycles. The minimum atomic E-state index is -3.67. The van der Waals surface area contributed by atoms with Gasteiger partial charge in [-0.15, -0.1) is 0 Å². The van der Waals surface area contributed by atoms with Gasteiger partial charge in [-0.1, -0.05) is 72.3 Å². The maximum absolute atomic E-state index is 13.1. The summed E-state index contributed by atoms with van der Waals surface area (Å²) in [4.78, 5) is 11.5. The van der Waals surface area contributed by atoms with Crippen LogP contribution >= 0.6 is 22.9 Å². The molecule has 234 valence electrons. The molecule has 4 aromatic carbocycles. The van der Waals surface area contributed by atoms with Gasteiger partial charge >= 0.3 is 5.97 Å². The zero-order valence-electron chi connectivity index (χ0n) is 24.7. The molecule has 0 saturated carbocycles. The number of nitrogens with zero attached hydrogens (tertiary/aromatic N) is 1. The summed E-state index contributed by atoms with van der Waals surface area (Å²) in [5.41, 5.74) is 5.30. The number of carboxylic acid groups (broad SMARTS) is 1. The van der Waals surface area contributed by atoms with E-state index in [-0.39, 0.29) is 23.0 Å². The Morgan fingerprint density at radius 2 is 1.57 bits per heavy atom. The molecule has 0 amide bonds. The first-order chi connectivity index (χ1) is 22.3. The second kappa shape index (κ2) is 13.9. The number of sulfonamides is 1. The second-order valence-corrected chi connectivity index (χ2v) is 13.7. The third-order valence-corrected chi connectivity index (χ3v) is 10.4. The smallest absolute Gasteiger partial charge is 0.335 e. The monoisotopic (exact) mass is 670 g/mol. The van der Waals surface area contributed by atoms with Gasteiger partial charge in [-0.2, -0.15) is 11.3 Å². The molecule has 46 heavy (non-hydrogen) atoms. The number of hydrogen-bond donors (Lipinski definition) is 2. The van der Waals surface area contributed by atoms with E-state index in [2.05, 4.69) is 33.6 Å². The zero-order chi connectivity index (χ0) is 32.1. The Bertz CT molecular complexity index is 2010. The highest BCUT2D eigenvalue weighted by molar-refractivity contribution is 7.89. The maximum atomic E-state index is 13.1. The number of carboxylic acids is 1. The fourth-order valence-corrected chi connectivity index (χ4v) is 8.00. The summed E-state index contributed by atoms with van der Waals surface area (Å²) in [7, 11) is -3.67. The van der Waals surface area contributed by atoms with Crippen molar-refractivity contribution in [1.29, 1.82) is 0 Å². The Balaban J connectivity index is 1.44. The highest BCUT2D eigenvalue weighted by Crippen LogP contribution is 2.38. The average Bonchev–Trinajstić information content (AvgIpc) is 3.71. The number of rotatable bonds is 13. The summed E-state index contributed by atoms with van der Waals surface area (Å²) >= 11 is 7.91. The van der Waals surface area contributed by atoms with Crippen LogP contribution < -0.4 is 9.46 Å². The van der Waals surface area contributed by atoms with Crippen molar-refractivity contribution in [3.05, 3.63) is 153 Å². The normalized spacial score (nSPS) is 11.7. The molecule has 0 saturated heterocycles. The molecule has 2 aromatic heterocycles. The lowest BCUT2D eigenvalue weighted by Crippen LogP contribution is -2.27. The summed E-state index contributed by atoms with van der Waals surface area (Å²) in [6, 6.07) is 34.0. The van der Waals surface area contributed by atoms with Crippen LogP contribution in [-0.4, -0.2) is 37.2 Å². The molecule has 2 heterocycles. The first-order valence-electron chi connectivity index (χ1n) is 14.7. The molecule has 0 spiro atoms. The predicted molar refractivity (Wildman–Crippen MR) is 183 cm³/mol. The highest BCUT2D eigenvalue weighted by Gasteiger charge is 2.26. The number of halogens is 1. The van der Waals surface area contributed by atoms with Gasteiger partial charge < -0.3 is 14.4 Å². The van der Waals surface area contributed by atoms with Crippen molar-refractivity contribution in [2.24, 2.45) is 0 Å². The molecule has 0 atom stereocenters. The SMILES string of the molecule is O=C(O)c1ccc(OCCc2c(CCNS(=O)(=O)c3ccsc3)n(C(c3ccccc3)c3ccccc3)c3ccc(Cl)cc23)cc1. The van der Waals surface area contributed by atoms with Crippen molar-refractivity contribution < 1.29 is 23.1 Å². The Morgan fingerprint density at radius 3 is 2.17 bits per heavy atom. The van der Waals surface area contributed by atoms with Gasteiger partial charge in [0.1, 0.15) is 5.75 Å². The van der Waals surface area contributed by atoms with E-state index in [0.717, 1.165) is 33.3 Å². The van der Waals surface area contributed by atoms with Crippen molar-refractivity contribution in [1.82, 2.24) is 9.29 Å². The van der Waals surface area contributed by atoms with Crippen molar-refractivity contribution in [3.8, 4) is 5.75 Å². The summed E-state index contributed by atoms with van der Waals surface area (Å²) in [5.74, 6) is -0.440. The van der Waals surface area contributed by atoms with Gasteiger partial charge in [-0.3, -0.25) is 0 Å². The first-order valence-corrected chi connectivity index (χ1v) is 17.5. The third-order valence-electron chi connectivity index (χ3n) is 7.85. The van der Waals surface area contributed by atoms with E-state index in [0.29, 0.717) is 30.2 Å². The number of carbonyl (C=O) groups is 1. The van der Waals surface area contributed by atoms with E-state index >= 15 is 0 Å². The van der Waals surface area contributed by atoms with E-state index < -0.39 is 16.0 Å². The lowest BCUT2D eigenvalue weighted by atomic mass is 9.97. The molecular formula is C36H31ClN2O5S2. The van der Waals surface area contributed by atoms with E-state index in [9.17, 15) is 18.3 Å². The molecule has 0 aliphatic rings. The van der Waals surface area contributed by atoms with Gasteiger partial charge in [-0.25, -0.2) is 17.9 Å². The van der Waals surface area contributed by atoms with Gasteiger partial charge in [0, 0.05) is 46.4 Å². The maximum Gasteiger partial charge on any atom is 0.335 e. The number of hydrogen-bond acceptors (Lipinski definition) is 5. The lowest BCUT2D eigenvalue weighted by Gasteiger charge is -2.25. The molecule has 0 unspecified atom stereocenters. The average molecular weight is 671 g/mol. The van der Waals surface area contributed by atoms with Gasteiger partial charge in [0.2, 0.25) is 10.0 Å². The second-order valence-electron chi connectivity index (χ2n) is 10.7. The molecule has 6 aromatic rings. The first kappa shape index (κ1) is 31.6. The van der Waals surface area contributed by atoms with Gasteiger partial charge in [0.25, 0.3) is 0 Å². The standard InChI is InChI=1S/C36H31ClN2O5S2/c37-28-13-16-33-32(23-28)31(18-21-44-29-14-11-27(12-15-29)36(40)41)34(17-20-38-46(42,43)30-19-22-45-24-30)39(33)35(25-7-3-1-4-8-25)26-9-5-2-6-10-26/h1-16,19,22-24,35,38H,17-18,20-21H2,(H,40,41). The molecule has 10 heteroatoms. The van der Waals surface area contributed by atoms with Crippen LogP contribution in [-0.2, 0) is 22.9 Å². The van der Waals surface area contributed by atoms with E-state index in [1.54, 1.807) is 29.0 Å². The van der Waals surface area contributed by atoms with Crippen LogP contribution in [0.4, 0.5) is 0 Å². The Labute approximate surface area is 276 Å². The van der Waals surface area contributed by atoms with E-state index in [1.165, 1.54) is 23.5 Å². The van der Waals surface area contributed by atoms with Crippen LogP contribution in [0.25, 0.3) is 10.9 Å². The quantitative estimate of drug-likeness (QED) is 0.131. The van der Waals surface area contributed by atoms with Crippen LogP contribution in [0.2, 0.25) is 5.02 Å².